The summed E-state index contributed by atoms with van der Waals surface area (Å²) in [6.45, 7) is 1.70. The largest absolute Gasteiger partial charge is 0.484 e. The molecule has 120 valence electrons. The van der Waals surface area contributed by atoms with Gasteiger partial charge in [-0.15, -0.1) is 0 Å². The minimum atomic E-state index is -0.473. The first-order valence-electron chi connectivity index (χ1n) is 6.69. The molecule has 0 radical (unpaired) electrons. The molecule has 2 N–H and O–H groups in total. The average molecular weight is 398 g/mol. The molecule has 0 spiro atoms. The molecule has 0 fully saturated rings. The van der Waals surface area contributed by atoms with Crippen LogP contribution in [0.2, 0.25) is 5.02 Å². The number of nitrogens with one attached hydrogen (secondary N) is 2. The summed E-state index contributed by atoms with van der Waals surface area (Å²) in [5, 5.41) is 0.582. The van der Waals surface area contributed by atoms with Crippen LogP contribution in [-0.4, -0.2) is 18.4 Å². The lowest BCUT2D eigenvalue weighted by Crippen LogP contribution is -2.43. The molecule has 0 aliphatic carbocycles. The number of benzene rings is 2. The molecule has 0 atom stereocenters. The minimum Gasteiger partial charge on any atom is -0.484 e. The van der Waals surface area contributed by atoms with E-state index >= 15 is 0 Å². The summed E-state index contributed by atoms with van der Waals surface area (Å²) in [7, 11) is 0. The average Bonchev–Trinajstić information content (AvgIpc) is 2.54. The third-order valence-electron chi connectivity index (χ3n) is 2.93. The zero-order valence-electron chi connectivity index (χ0n) is 12.2. The molecular weight excluding hydrogens is 384 g/mol. The number of hydrogen-bond acceptors (Lipinski definition) is 3. The maximum Gasteiger partial charge on any atom is 0.276 e. The number of carbonyl (C=O) groups is 2. The smallest absolute Gasteiger partial charge is 0.276 e. The van der Waals surface area contributed by atoms with E-state index < -0.39 is 11.8 Å². The summed E-state index contributed by atoms with van der Waals surface area (Å²) in [4.78, 5) is 23.6. The first kappa shape index (κ1) is 17.3. The van der Waals surface area contributed by atoms with Crippen molar-refractivity contribution >= 4 is 39.3 Å². The van der Waals surface area contributed by atoms with Crippen LogP contribution in [0, 0.1) is 6.92 Å². The molecule has 0 saturated carbocycles. The molecule has 2 rings (SSSR count). The van der Waals surface area contributed by atoms with E-state index in [1.54, 1.807) is 36.4 Å². The van der Waals surface area contributed by atoms with Crippen molar-refractivity contribution in [2.75, 3.05) is 6.61 Å². The van der Waals surface area contributed by atoms with Crippen molar-refractivity contribution in [2.24, 2.45) is 0 Å². The summed E-state index contributed by atoms with van der Waals surface area (Å²) in [6.07, 6.45) is 0. The third-order valence-corrected chi connectivity index (χ3v) is 4.04. The van der Waals surface area contributed by atoms with Crippen LogP contribution in [0.3, 0.4) is 0 Å². The SMILES string of the molecule is Cc1ccc(C(=O)NNC(=O)COc2ccc(Cl)cc2)cc1Br. The van der Waals surface area contributed by atoms with Crippen LogP contribution in [0.4, 0.5) is 0 Å². The molecule has 0 aliphatic rings. The monoisotopic (exact) mass is 396 g/mol. The predicted molar refractivity (Wildman–Crippen MR) is 91.4 cm³/mol. The molecule has 2 amide bonds. The normalized spacial score (nSPS) is 10.0. The highest BCUT2D eigenvalue weighted by Crippen LogP contribution is 2.17. The second kappa shape index (κ2) is 7.99. The molecule has 0 heterocycles. The van der Waals surface area contributed by atoms with Crippen LogP contribution in [-0.2, 0) is 4.79 Å². The number of amides is 2. The van der Waals surface area contributed by atoms with Gasteiger partial charge in [0.1, 0.15) is 5.75 Å². The number of ether oxygens (including phenoxy) is 1. The van der Waals surface area contributed by atoms with E-state index in [4.69, 9.17) is 16.3 Å². The van der Waals surface area contributed by atoms with E-state index in [1.807, 2.05) is 13.0 Å². The van der Waals surface area contributed by atoms with E-state index in [0.29, 0.717) is 16.3 Å². The van der Waals surface area contributed by atoms with Gasteiger partial charge < -0.3 is 4.74 Å². The van der Waals surface area contributed by atoms with E-state index in [-0.39, 0.29) is 6.61 Å². The third kappa shape index (κ3) is 5.26. The zero-order valence-corrected chi connectivity index (χ0v) is 14.6. The Morgan fingerprint density at radius 1 is 1.13 bits per heavy atom. The van der Waals surface area contributed by atoms with Gasteiger partial charge in [-0.1, -0.05) is 33.6 Å². The zero-order chi connectivity index (χ0) is 16.8. The topological polar surface area (TPSA) is 67.4 Å². The molecule has 23 heavy (non-hydrogen) atoms. The van der Waals surface area contributed by atoms with E-state index in [2.05, 4.69) is 26.8 Å². The molecule has 5 nitrogen and oxygen atoms in total. The van der Waals surface area contributed by atoms with Crippen LogP contribution in [0.15, 0.2) is 46.9 Å². The standard InChI is InChI=1S/C16H14BrClN2O3/c1-10-2-3-11(8-14(10)17)16(22)20-19-15(21)9-23-13-6-4-12(18)5-7-13/h2-8H,9H2,1H3,(H,19,21)(H,20,22). The molecular formula is C16H14BrClN2O3. The van der Waals surface area contributed by atoms with Gasteiger partial charge in [0.15, 0.2) is 6.61 Å². The summed E-state index contributed by atoms with van der Waals surface area (Å²) < 4.78 is 6.09. The number of carbonyl (C=O) groups excluding carboxylic acids is 2. The highest BCUT2D eigenvalue weighted by Gasteiger charge is 2.09. The fourth-order valence-corrected chi connectivity index (χ4v) is 2.15. The number of halogens is 2. The van der Waals surface area contributed by atoms with Crippen LogP contribution >= 0.6 is 27.5 Å². The molecule has 2 aromatic carbocycles. The second-order valence-corrected chi connectivity index (χ2v) is 6.00. The van der Waals surface area contributed by atoms with Gasteiger partial charge in [0.05, 0.1) is 0 Å². The maximum absolute atomic E-state index is 11.9. The van der Waals surface area contributed by atoms with Gasteiger partial charge in [0, 0.05) is 15.1 Å². The lowest BCUT2D eigenvalue weighted by molar-refractivity contribution is -0.123. The Bertz CT molecular complexity index is 720. The van der Waals surface area contributed by atoms with Crippen molar-refractivity contribution in [1.82, 2.24) is 10.9 Å². The predicted octanol–water partition coefficient (Wildman–Crippen LogP) is 3.25. The molecule has 0 saturated heterocycles. The van der Waals surface area contributed by atoms with Gasteiger partial charge in [-0.05, 0) is 48.9 Å². The maximum atomic E-state index is 11.9. The molecule has 0 bridgehead atoms. The quantitative estimate of drug-likeness (QED) is 0.778. The van der Waals surface area contributed by atoms with Crippen molar-refractivity contribution in [2.45, 2.75) is 6.92 Å². The molecule has 0 aliphatic heterocycles. The highest BCUT2D eigenvalue weighted by molar-refractivity contribution is 9.10. The lowest BCUT2D eigenvalue weighted by atomic mass is 10.1. The Balaban J connectivity index is 1.80. The van der Waals surface area contributed by atoms with Gasteiger partial charge in [-0.25, -0.2) is 0 Å². The van der Waals surface area contributed by atoms with Gasteiger partial charge >= 0.3 is 0 Å². The summed E-state index contributed by atoms with van der Waals surface area (Å²) in [5.41, 5.74) is 6.07. The Labute approximate surface area is 147 Å². The number of hydrazine groups is 1. The van der Waals surface area contributed by atoms with E-state index in [1.165, 1.54) is 0 Å². The van der Waals surface area contributed by atoms with Crippen LogP contribution in [0.1, 0.15) is 15.9 Å². The van der Waals surface area contributed by atoms with Crippen molar-refractivity contribution in [1.29, 1.82) is 0 Å². The van der Waals surface area contributed by atoms with Crippen molar-refractivity contribution < 1.29 is 14.3 Å². The number of hydrogen-bond donors (Lipinski definition) is 2. The van der Waals surface area contributed by atoms with Gasteiger partial charge in [-0.3, -0.25) is 20.4 Å². The number of rotatable bonds is 4. The van der Waals surface area contributed by atoms with Crippen molar-refractivity contribution in [3.05, 3.63) is 63.1 Å². The summed E-state index contributed by atoms with van der Waals surface area (Å²) in [6, 6.07) is 11.8. The molecule has 0 aromatic heterocycles. The fraction of sp³-hybridized carbons (Fsp3) is 0.125. The van der Waals surface area contributed by atoms with Crippen LogP contribution < -0.4 is 15.6 Å². The van der Waals surface area contributed by atoms with Gasteiger partial charge in [0.2, 0.25) is 0 Å². The van der Waals surface area contributed by atoms with E-state index in [9.17, 15) is 9.59 Å². The first-order valence-corrected chi connectivity index (χ1v) is 7.86. The van der Waals surface area contributed by atoms with Crippen molar-refractivity contribution in [3.8, 4) is 5.75 Å². The molecule has 0 unspecified atom stereocenters. The number of aryl methyl sites for hydroxylation is 1. The van der Waals surface area contributed by atoms with Crippen molar-refractivity contribution in [3.63, 3.8) is 0 Å². The van der Waals surface area contributed by atoms with E-state index in [0.717, 1.165) is 10.0 Å². The van der Waals surface area contributed by atoms with Gasteiger partial charge in [0.25, 0.3) is 11.8 Å². The first-order chi connectivity index (χ1) is 11.0. The molecule has 7 heteroatoms. The van der Waals surface area contributed by atoms with Crippen LogP contribution in [0.5, 0.6) is 5.75 Å². The highest BCUT2D eigenvalue weighted by atomic mass is 79.9. The minimum absolute atomic E-state index is 0.223. The second-order valence-electron chi connectivity index (χ2n) is 4.71. The van der Waals surface area contributed by atoms with Gasteiger partial charge in [-0.2, -0.15) is 0 Å². The van der Waals surface area contributed by atoms with Crippen LogP contribution in [0.25, 0.3) is 0 Å². The Morgan fingerprint density at radius 3 is 2.48 bits per heavy atom. The lowest BCUT2D eigenvalue weighted by Gasteiger charge is -2.09. The fourth-order valence-electron chi connectivity index (χ4n) is 1.65. The summed E-state index contributed by atoms with van der Waals surface area (Å²) in [5.74, 6) is -0.372. The Kier molecular flexibility index (Phi) is 6.01. The Morgan fingerprint density at radius 2 is 1.83 bits per heavy atom. The summed E-state index contributed by atoms with van der Waals surface area (Å²) >= 11 is 9.11. The molecule has 2 aromatic rings. The Hall–Kier alpha value is -2.05.